The second-order valence-electron chi connectivity index (χ2n) is 7.42. The minimum Gasteiger partial charge on any atom is -0.738 e. The first-order valence-corrected chi connectivity index (χ1v) is 10.6. The van der Waals surface area contributed by atoms with Crippen LogP contribution in [0.5, 0.6) is 0 Å². The van der Waals surface area contributed by atoms with E-state index in [2.05, 4.69) is 20.8 Å². The van der Waals surface area contributed by atoms with Crippen LogP contribution < -0.4 is 118 Å². The number of rotatable bonds is 10. The number of carbonyl (C=O) groups is 2. The van der Waals surface area contributed by atoms with Gasteiger partial charge in [-0.25, -0.2) is 4.68 Å². The number of hydrogen-bond acceptors (Lipinski definition) is 8. The Labute approximate surface area is 289 Å². The van der Waals surface area contributed by atoms with Crippen LogP contribution in [0.15, 0.2) is 47.6 Å². The van der Waals surface area contributed by atoms with Gasteiger partial charge in [0, 0.05) is 48.4 Å². The molecule has 1 N–H and O–H groups in total. The zero-order valence-corrected chi connectivity index (χ0v) is 27.0. The molecule has 1 amide bonds. The largest absolute Gasteiger partial charge is 1.00 e. The number of hydrogen-bond donors (Lipinski definition) is 1. The Balaban J connectivity index is 0.00000289. The number of carboxylic acid groups (broad SMARTS) is 1. The van der Waals surface area contributed by atoms with Gasteiger partial charge in [0.25, 0.3) is 0 Å². The number of carbonyl (C=O) groups excluding carboxylic acids is 2. The molecule has 2 aromatic carbocycles. The first kappa shape index (κ1) is 31.8. The first-order chi connectivity index (χ1) is 15.3. The molecule has 0 fully saturated rings. The topological polar surface area (TPSA) is 116 Å². The number of benzene rings is 2. The predicted molar refractivity (Wildman–Crippen MR) is 120 cm³/mol. The van der Waals surface area contributed by atoms with Crippen molar-refractivity contribution >= 4 is 35.9 Å². The Kier molecular flexibility index (Phi) is 14.7. The van der Waals surface area contributed by atoms with Crippen molar-refractivity contribution in [2.75, 3.05) is 23.3 Å². The fourth-order valence-corrected chi connectivity index (χ4v) is 3.75. The molecule has 0 atom stereocenters. The molecule has 0 unspecified atom stereocenters. The van der Waals surface area contributed by atoms with Crippen LogP contribution in [0.2, 0.25) is 0 Å². The second-order valence-corrected chi connectivity index (χ2v) is 7.79. The molecule has 0 aliphatic carbocycles. The molecule has 3 rings (SSSR count). The van der Waals surface area contributed by atoms with Gasteiger partial charge in [0.2, 0.25) is 5.91 Å². The molecule has 0 saturated carbocycles. The quantitative estimate of drug-likeness (QED) is 0.206. The monoisotopic (exact) mass is 530 g/mol. The van der Waals surface area contributed by atoms with E-state index in [0.717, 1.165) is 16.8 Å². The molecule has 0 aliphatic heterocycles. The first-order valence-electron chi connectivity index (χ1n) is 10.2. The second kappa shape index (κ2) is 15.8. The smallest absolute Gasteiger partial charge is 0.738 e. The van der Waals surface area contributed by atoms with Crippen molar-refractivity contribution in [3.05, 3.63) is 53.6 Å². The van der Waals surface area contributed by atoms with E-state index in [4.69, 9.17) is 12.6 Å². The molecule has 0 spiro atoms. The zero-order chi connectivity index (χ0) is 23.1. The molecule has 0 aliphatic rings. The predicted octanol–water partition coefficient (Wildman–Crippen LogP) is -4.44. The number of carboxylic acids is 1. The van der Waals surface area contributed by atoms with E-state index in [9.17, 15) is 14.7 Å². The molecule has 0 saturated heterocycles. The van der Waals surface area contributed by atoms with E-state index >= 15 is 0 Å². The minimum atomic E-state index is -1.09. The summed E-state index contributed by atoms with van der Waals surface area (Å²) in [6.07, 6.45) is 0.776. The van der Waals surface area contributed by atoms with Crippen LogP contribution in [-0.4, -0.2) is 45.2 Å². The molecule has 9 nitrogen and oxygen atoms in total. The van der Waals surface area contributed by atoms with Gasteiger partial charge in [0.15, 0.2) is 0 Å². The van der Waals surface area contributed by atoms with Gasteiger partial charge in [0.05, 0.1) is 5.69 Å². The SMILES string of the molecule is Cc1cccc(C)c1N(CCCC(=O)Nc1cccc(-n2nnnc2[S-])c1)CCC(=O)[O-].[K+].[K+]. The summed E-state index contributed by atoms with van der Waals surface area (Å²) in [6, 6.07) is 13.0. The van der Waals surface area contributed by atoms with Gasteiger partial charge in [-0.05, 0) is 60.0 Å². The number of tetrazole rings is 1. The summed E-state index contributed by atoms with van der Waals surface area (Å²) in [7, 11) is 0. The molecule has 0 bridgehead atoms. The van der Waals surface area contributed by atoms with Crippen molar-refractivity contribution in [1.29, 1.82) is 0 Å². The molecular weight excluding hydrogens is 507 g/mol. The summed E-state index contributed by atoms with van der Waals surface area (Å²) in [5.41, 5.74) is 4.40. The number of aromatic nitrogens is 4. The number of nitrogens with zero attached hydrogens (tertiary/aromatic N) is 5. The fourth-order valence-electron chi connectivity index (χ4n) is 3.58. The Hall–Kier alpha value is -0.257. The molecule has 34 heavy (non-hydrogen) atoms. The number of aryl methyl sites for hydroxylation is 2. The van der Waals surface area contributed by atoms with Gasteiger partial charge in [0.1, 0.15) is 0 Å². The van der Waals surface area contributed by atoms with E-state index in [1.54, 1.807) is 24.3 Å². The summed E-state index contributed by atoms with van der Waals surface area (Å²) in [6.45, 7) is 4.86. The van der Waals surface area contributed by atoms with Crippen LogP contribution in [-0.2, 0) is 22.2 Å². The fraction of sp³-hybridized carbons (Fsp3) is 0.318. The Morgan fingerprint density at radius 1 is 1.06 bits per heavy atom. The number of amides is 1. The Bertz CT molecular complexity index is 1090. The number of para-hydroxylation sites is 1. The summed E-state index contributed by atoms with van der Waals surface area (Å²) < 4.78 is 1.41. The van der Waals surface area contributed by atoms with E-state index in [1.807, 2.05) is 36.9 Å². The van der Waals surface area contributed by atoms with Gasteiger partial charge in [-0.1, -0.05) is 24.3 Å². The van der Waals surface area contributed by atoms with E-state index in [0.29, 0.717) is 30.9 Å². The molecule has 12 heteroatoms. The van der Waals surface area contributed by atoms with Gasteiger partial charge in [-0.2, -0.15) is 0 Å². The molecule has 168 valence electrons. The summed E-state index contributed by atoms with van der Waals surface area (Å²) in [5.74, 6) is -1.23. The Morgan fingerprint density at radius 2 is 1.74 bits per heavy atom. The van der Waals surface area contributed by atoms with Crippen molar-refractivity contribution in [3.63, 3.8) is 0 Å². The van der Waals surface area contributed by atoms with Gasteiger partial charge in [-0.15, -0.1) is 5.10 Å². The number of anilines is 2. The van der Waals surface area contributed by atoms with Crippen LogP contribution >= 0.6 is 0 Å². The molecule has 3 aromatic rings. The summed E-state index contributed by atoms with van der Waals surface area (Å²) in [5, 5.41) is 25.2. The van der Waals surface area contributed by atoms with Gasteiger partial charge < -0.3 is 32.7 Å². The van der Waals surface area contributed by atoms with Crippen molar-refractivity contribution < 1.29 is 117 Å². The standard InChI is InChI=1S/C22H26N6O3S.2K/c1-15-6-3-7-16(2)21(15)27(13-11-20(30)31)12-5-10-19(29)23-17-8-4-9-18(14-17)28-22(32)24-25-26-28;;/h3-4,6-9,14H,5,10-13H2,1-2H3,(H,23,29)(H,30,31)(H,24,26,32);;/q;2*+1/p-2. The van der Waals surface area contributed by atoms with Crippen LogP contribution in [0.1, 0.15) is 30.4 Å². The molecule has 1 aromatic heterocycles. The normalized spacial score (nSPS) is 10.1. The van der Waals surface area contributed by atoms with Crippen LogP contribution in [0.3, 0.4) is 0 Å². The van der Waals surface area contributed by atoms with Crippen molar-refractivity contribution in [3.8, 4) is 5.69 Å². The third kappa shape index (κ3) is 9.32. The average Bonchev–Trinajstić information content (AvgIpc) is 3.17. The number of nitrogens with one attached hydrogen (secondary N) is 1. The van der Waals surface area contributed by atoms with Crippen LogP contribution in [0, 0.1) is 13.8 Å². The maximum absolute atomic E-state index is 12.5. The Morgan fingerprint density at radius 3 is 2.35 bits per heavy atom. The van der Waals surface area contributed by atoms with Crippen molar-refractivity contribution in [2.24, 2.45) is 0 Å². The van der Waals surface area contributed by atoms with Crippen molar-refractivity contribution in [2.45, 2.75) is 38.3 Å². The molecular formula is C22H24K2N6O3S. The van der Waals surface area contributed by atoms with Gasteiger partial charge in [-0.3, -0.25) is 4.79 Å². The summed E-state index contributed by atoms with van der Waals surface area (Å²) in [4.78, 5) is 25.5. The van der Waals surface area contributed by atoms with E-state index < -0.39 is 5.97 Å². The van der Waals surface area contributed by atoms with E-state index in [-0.39, 0.29) is 127 Å². The maximum atomic E-state index is 12.5. The van der Waals surface area contributed by atoms with E-state index in [1.165, 1.54) is 4.68 Å². The zero-order valence-electron chi connectivity index (χ0n) is 19.9. The van der Waals surface area contributed by atoms with Crippen LogP contribution in [0.25, 0.3) is 5.69 Å². The van der Waals surface area contributed by atoms with Gasteiger partial charge >= 0.3 is 103 Å². The third-order valence-electron chi connectivity index (χ3n) is 4.99. The van der Waals surface area contributed by atoms with Crippen LogP contribution in [0.4, 0.5) is 11.4 Å². The average molecular weight is 531 g/mol. The minimum absolute atomic E-state index is 0. The third-order valence-corrected chi connectivity index (χ3v) is 5.24. The molecule has 0 radical (unpaired) electrons. The molecule has 1 heterocycles. The maximum Gasteiger partial charge on any atom is 1.00 e. The van der Waals surface area contributed by atoms with Crippen molar-refractivity contribution in [1.82, 2.24) is 20.2 Å². The number of aliphatic carboxylic acids is 1. The summed E-state index contributed by atoms with van der Waals surface area (Å²) >= 11 is 5.07.